The highest BCUT2D eigenvalue weighted by molar-refractivity contribution is 8.18. The van der Waals surface area contributed by atoms with Crippen LogP contribution in [0.2, 0.25) is 0 Å². The number of amides is 1. The maximum Gasteiger partial charge on any atom is 0.344 e. The zero-order chi connectivity index (χ0) is 26.5. The van der Waals surface area contributed by atoms with Crippen LogP contribution in [0, 0.1) is 0 Å². The summed E-state index contributed by atoms with van der Waals surface area (Å²) < 4.78 is 12.3. The minimum Gasteiger partial charge on any atom is -0.506 e. The summed E-state index contributed by atoms with van der Waals surface area (Å²) in [7, 11) is 0. The molecule has 0 saturated carbocycles. The van der Waals surface area contributed by atoms with Crippen LogP contribution >= 0.6 is 11.8 Å². The van der Waals surface area contributed by atoms with E-state index in [0.29, 0.717) is 27.9 Å². The van der Waals surface area contributed by atoms with Crippen LogP contribution < -0.4 is 5.32 Å². The van der Waals surface area contributed by atoms with Gasteiger partial charge in [-0.3, -0.25) is 4.79 Å². The molecule has 1 aliphatic rings. The van der Waals surface area contributed by atoms with E-state index in [1.54, 1.807) is 31.4 Å². The van der Waals surface area contributed by atoms with Crippen molar-refractivity contribution in [3.63, 3.8) is 0 Å². The number of thioether (sulfide) groups is 1. The van der Waals surface area contributed by atoms with Gasteiger partial charge in [-0.05, 0) is 43.3 Å². The number of carbonyl (C=O) groups excluding carboxylic acids is 2. The molecule has 2 N–H and O–H groups in total. The van der Waals surface area contributed by atoms with Crippen molar-refractivity contribution in [1.82, 2.24) is 9.88 Å². The third kappa shape index (κ3) is 5.42. The number of aliphatic imine (C=N–C) groups is 1. The molecule has 8 nitrogen and oxygen atoms in total. The van der Waals surface area contributed by atoms with Crippen molar-refractivity contribution in [2.75, 3.05) is 6.61 Å². The highest BCUT2D eigenvalue weighted by Gasteiger charge is 2.33. The molecule has 5 rings (SSSR count). The fraction of sp³-hybridized carbons (Fsp3) is 0.138. The minimum absolute atomic E-state index is 0.0352. The van der Waals surface area contributed by atoms with Gasteiger partial charge in [0, 0.05) is 22.7 Å². The van der Waals surface area contributed by atoms with E-state index in [1.807, 2.05) is 65.4 Å². The number of para-hydroxylation sites is 2. The standard InChI is InChI=1S/C29H25N3O5S/c1-2-36-29(35)26-27(34)24(38-28(26)31-20-9-4-3-5-10-20)15-19-17-32(23-13-7-6-12-22(19)23)18-25(33)30-16-21-11-8-14-37-21/h3-15,17,34H,2,16,18H2,1H3,(H,30,33)/b24-15-,31-28?. The van der Waals surface area contributed by atoms with Crippen molar-refractivity contribution in [1.29, 1.82) is 0 Å². The van der Waals surface area contributed by atoms with E-state index in [4.69, 9.17) is 9.15 Å². The number of furan rings is 1. The molecule has 0 fully saturated rings. The Morgan fingerprint density at radius 1 is 1.11 bits per heavy atom. The lowest BCUT2D eigenvalue weighted by atomic mass is 10.1. The largest absolute Gasteiger partial charge is 0.506 e. The molecule has 0 aliphatic carbocycles. The summed E-state index contributed by atoms with van der Waals surface area (Å²) in [4.78, 5) is 30.4. The quantitative estimate of drug-likeness (QED) is 0.283. The van der Waals surface area contributed by atoms with Crippen molar-refractivity contribution in [3.8, 4) is 0 Å². The molecule has 0 radical (unpaired) electrons. The van der Waals surface area contributed by atoms with E-state index < -0.39 is 5.97 Å². The monoisotopic (exact) mass is 527 g/mol. The Morgan fingerprint density at radius 3 is 2.66 bits per heavy atom. The average Bonchev–Trinajstić information content (AvgIpc) is 3.63. The van der Waals surface area contributed by atoms with Crippen LogP contribution in [-0.2, 0) is 27.4 Å². The van der Waals surface area contributed by atoms with Gasteiger partial charge in [-0.25, -0.2) is 9.79 Å². The number of carbonyl (C=O) groups is 2. The number of esters is 1. The Hall–Kier alpha value is -4.50. The summed E-state index contributed by atoms with van der Waals surface area (Å²) in [5.41, 5.74) is 2.34. The minimum atomic E-state index is -0.633. The number of benzene rings is 2. The summed E-state index contributed by atoms with van der Waals surface area (Å²) in [6.45, 7) is 2.29. The predicted molar refractivity (Wildman–Crippen MR) is 148 cm³/mol. The second-order valence-corrected chi connectivity index (χ2v) is 9.42. The Kier molecular flexibility index (Phi) is 7.46. The van der Waals surface area contributed by atoms with Crippen molar-refractivity contribution in [3.05, 3.63) is 107 Å². The topological polar surface area (TPSA) is 106 Å². The number of aliphatic hydroxyl groups is 1. The smallest absolute Gasteiger partial charge is 0.344 e. The average molecular weight is 528 g/mol. The summed E-state index contributed by atoms with van der Waals surface area (Å²) >= 11 is 1.20. The first-order valence-electron chi connectivity index (χ1n) is 12.0. The van der Waals surface area contributed by atoms with Gasteiger partial charge in [0.25, 0.3) is 0 Å². The van der Waals surface area contributed by atoms with Gasteiger partial charge in [-0.2, -0.15) is 0 Å². The highest BCUT2D eigenvalue weighted by Crippen LogP contribution is 2.41. The first kappa shape index (κ1) is 25.2. The third-order valence-corrected chi connectivity index (χ3v) is 6.84. The van der Waals surface area contributed by atoms with Crippen LogP contribution in [0.25, 0.3) is 17.0 Å². The SMILES string of the molecule is CCOC(=O)C1=C(O)/C(=C/c2cn(CC(=O)NCc3ccco3)c3ccccc23)SC1=Nc1ccccc1. The molecule has 2 aromatic carbocycles. The predicted octanol–water partition coefficient (Wildman–Crippen LogP) is 5.74. The zero-order valence-corrected chi connectivity index (χ0v) is 21.4. The number of aliphatic hydroxyl groups excluding tert-OH is 1. The van der Waals surface area contributed by atoms with Gasteiger partial charge in [0.1, 0.15) is 28.7 Å². The van der Waals surface area contributed by atoms with E-state index in [9.17, 15) is 14.7 Å². The number of nitrogens with one attached hydrogen (secondary N) is 1. The fourth-order valence-electron chi connectivity index (χ4n) is 4.08. The van der Waals surface area contributed by atoms with Gasteiger partial charge in [-0.1, -0.05) is 48.2 Å². The Morgan fingerprint density at radius 2 is 1.89 bits per heavy atom. The van der Waals surface area contributed by atoms with Gasteiger partial charge < -0.3 is 24.1 Å². The van der Waals surface area contributed by atoms with E-state index >= 15 is 0 Å². The molecular weight excluding hydrogens is 502 g/mol. The van der Waals surface area contributed by atoms with Gasteiger partial charge >= 0.3 is 5.97 Å². The number of rotatable bonds is 8. The molecule has 0 saturated heterocycles. The maximum atomic E-state index is 12.7. The third-order valence-electron chi connectivity index (χ3n) is 5.82. The molecule has 1 amide bonds. The molecule has 0 unspecified atom stereocenters. The van der Waals surface area contributed by atoms with Gasteiger partial charge in [0.05, 0.1) is 30.0 Å². The van der Waals surface area contributed by atoms with Crippen molar-refractivity contribution in [2.24, 2.45) is 4.99 Å². The highest BCUT2D eigenvalue weighted by atomic mass is 32.2. The molecule has 9 heteroatoms. The van der Waals surface area contributed by atoms with Gasteiger partial charge in [-0.15, -0.1) is 0 Å². The lowest BCUT2D eigenvalue weighted by Gasteiger charge is -2.06. The summed E-state index contributed by atoms with van der Waals surface area (Å²) in [5.74, 6) is -0.310. The lowest BCUT2D eigenvalue weighted by Crippen LogP contribution is -2.26. The number of nitrogens with zero attached hydrogens (tertiary/aromatic N) is 2. The van der Waals surface area contributed by atoms with Gasteiger partial charge in [0.15, 0.2) is 0 Å². The summed E-state index contributed by atoms with van der Waals surface area (Å²) in [6, 6.07) is 20.5. The van der Waals surface area contributed by atoms with Crippen LogP contribution in [0.4, 0.5) is 5.69 Å². The molecule has 3 heterocycles. The van der Waals surface area contributed by atoms with E-state index in [1.165, 1.54) is 11.8 Å². The molecule has 38 heavy (non-hydrogen) atoms. The lowest BCUT2D eigenvalue weighted by molar-refractivity contribution is -0.138. The van der Waals surface area contributed by atoms with E-state index in [2.05, 4.69) is 10.3 Å². The second kappa shape index (κ2) is 11.3. The molecule has 0 spiro atoms. The molecule has 0 atom stereocenters. The molecule has 1 aliphatic heterocycles. The number of ether oxygens (including phenoxy) is 1. The summed E-state index contributed by atoms with van der Waals surface area (Å²) in [6.07, 6.45) is 5.22. The van der Waals surface area contributed by atoms with Crippen LogP contribution in [0.3, 0.4) is 0 Å². The molecule has 0 bridgehead atoms. The molecule has 192 valence electrons. The van der Waals surface area contributed by atoms with Crippen molar-refractivity contribution >= 4 is 51.3 Å². The normalized spacial score (nSPS) is 15.5. The zero-order valence-electron chi connectivity index (χ0n) is 20.6. The fourth-order valence-corrected chi connectivity index (χ4v) is 5.11. The first-order chi connectivity index (χ1) is 18.5. The van der Waals surface area contributed by atoms with Gasteiger partial charge in [0.2, 0.25) is 5.91 Å². The van der Waals surface area contributed by atoms with Crippen LogP contribution in [0.5, 0.6) is 0 Å². The number of aromatic nitrogens is 1. The van der Waals surface area contributed by atoms with Crippen molar-refractivity contribution < 1.29 is 23.8 Å². The Balaban J connectivity index is 1.47. The number of hydrogen-bond donors (Lipinski definition) is 2. The number of hydrogen-bond acceptors (Lipinski definition) is 7. The van der Waals surface area contributed by atoms with E-state index in [0.717, 1.165) is 16.5 Å². The summed E-state index contributed by atoms with van der Waals surface area (Å²) in [5, 5.41) is 15.2. The van der Waals surface area contributed by atoms with Crippen LogP contribution in [0.15, 0.2) is 105 Å². The van der Waals surface area contributed by atoms with Crippen LogP contribution in [-0.4, -0.2) is 33.2 Å². The molecular formula is C29H25N3O5S. The Bertz CT molecular complexity index is 1570. The molecule has 4 aromatic rings. The Labute approximate surface area is 223 Å². The van der Waals surface area contributed by atoms with Crippen LogP contribution in [0.1, 0.15) is 18.2 Å². The second-order valence-electron chi connectivity index (χ2n) is 8.39. The van der Waals surface area contributed by atoms with E-state index in [-0.39, 0.29) is 30.4 Å². The molecule has 2 aromatic heterocycles. The maximum absolute atomic E-state index is 12.7. The number of fused-ring (bicyclic) bond motifs is 1. The first-order valence-corrected chi connectivity index (χ1v) is 12.9. The van der Waals surface area contributed by atoms with Crippen molar-refractivity contribution in [2.45, 2.75) is 20.0 Å².